The molecule has 0 spiro atoms. The quantitative estimate of drug-likeness (QED) is 0.464. The Bertz CT molecular complexity index is 1190. The van der Waals surface area contributed by atoms with E-state index in [-0.39, 0.29) is 18.0 Å². The zero-order valence-electron chi connectivity index (χ0n) is 18.0. The second-order valence-corrected chi connectivity index (χ2v) is 7.34. The highest BCUT2D eigenvalue weighted by molar-refractivity contribution is 6.02. The van der Waals surface area contributed by atoms with Crippen LogP contribution in [-0.2, 0) is 10.3 Å². The van der Waals surface area contributed by atoms with Gasteiger partial charge in [0.2, 0.25) is 0 Å². The number of aromatic nitrogens is 1. The summed E-state index contributed by atoms with van der Waals surface area (Å²) in [4.78, 5) is 19.9. The maximum absolute atomic E-state index is 14.7. The Balaban J connectivity index is 1.90. The summed E-state index contributed by atoms with van der Waals surface area (Å²) in [5.41, 5.74) is 1.37. The third-order valence-corrected chi connectivity index (χ3v) is 4.94. The third-order valence-electron chi connectivity index (χ3n) is 4.94. The first kappa shape index (κ1) is 25.7. The lowest BCUT2D eigenvalue weighted by Crippen LogP contribution is -2.48. The van der Waals surface area contributed by atoms with Gasteiger partial charge in [0.05, 0.1) is 6.20 Å². The summed E-state index contributed by atoms with van der Waals surface area (Å²) in [6.07, 6.45) is -7.55. The minimum Gasteiger partial charge on any atom is -0.479 e. The second-order valence-electron chi connectivity index (χ2n) is 7.34. The summed E-state index contributed by atoms with van der Waals surface area (Å²) in [6, 6.07) is 3.03. The molecule has 1 amide bonds. The zero-order chi connectivity index (χ0) is 25.8. The SMILES string of the molecule is CC#CCOc1ccc(C(=O)Nc2cc(F)c(F)c(C3(CF)CC(C(F)(F)F)OC(N)=N3)c2)nc1. The number of benzene rings is 1. The van der Waals surface area contributed by atoms with Gasteiger partial charge in [-0.15, -0.1) is 5.92 Å². The van der Waals surface area contributed by atoms with Crippen molar-refractivity contribution in [1.29, 1.82) is 0 Å². The van der Waals surface area contributed by atoms with E-state index in [0.29, 0.717) is 11.8 Å². The Labute approximate surface area is 195 Å². The predicted octanol–water partition coefficient (Wildman–Crippen LogP) is 3.84. The number of anilines is 1. The van der Waals surface area contributed by atoms with Crippen molar-refractivity contribution in [2.75, 3.05) is 18.6 Å². The molecule has 1 aromatic heterocycles. The molecule has 1 aliphatic heterocycles. The number of carbonyl (C=O) groups is 1. The lowest BCUT2D eigenvalue weighted by molar-refractivity contribution is -0.209. The molecule has 1 aromatic carbocycles. The van der Waals surface area contributed by atoms with Crippen molar-refractivity contribution in [3.8, 4) is 17.6 Å². The average molecular weight is 500 g/mol. The predicted molar refractivity (Wildman–Crippen MR) is 112 cm³/mol. The van der Waals surface area contributed by atoms with Crippen LogP contribution in [0.5, 0.6) is 5.75 Å². The van der Waals surface area contributed by atoms with Crippen molar-refractivity contribution in [3.63, 3.8) is 0 Å². The number of halogens is 6. The van der Waals surface area contributed by atoms with Crippen molar-refractivity contribution in [2.45, 2.75) is 31.2 Å². The van der Waals surface area contributed by atoms with E-state index in [1.54, 1.807) is 6.92 Å². The number of ether oxygens (including phenoxy) is 2. The molecule has 13 heteroatoms. The average Bonchev–Trinajstić information content (AvgIpc) is 2.80. The first-order valence-corrected chi connectivity index (χ1v) is 9.93. The van der Waals surface area contributed by atoms with Crippen molar-refractivity contribution in [2.24, 2.45) is 10.7 Å². The van der Waals surface area contributed by atoms with E-state index in [0.717, 1.165) is 6.07 Å². The number of amidine groups is 1. The van der Waals surface area contributed by atoms with Gasteiger partial charge in [0.15, 0.2) is 17.7 Å². The number of nitrogens with one attached hydrogen (secondary N) is 1. The van der Waals surface area contributed by atoms with E-state index in [1.165, 1.54) is 18.3 Å². The minimum absolute atomic E-state index is 0.102. The molecule has 2 heterocycles. The number of aliphatic imine (C=N–C) groups is 1. The number of alkyl halides is 4. The molecule has 2 atom stereocenters. The third kappa shape index (κ3) is 5.76. The normalized spacial score (nSPS) is 19.6. The molecule has 3 N–H and O–H groups in total. The number of nitrogens with zero attached hydrogens (tertiary/aromatic N) is 2. The Morgan fingerprint density at radius 2 is 2.09 bits per heavy atom. The van der Waals surface area contributed by atoms with Crippen LogP contribution < -0.4 is 15.8 Å². The Morgan fingerprint density at radius 3 is 2.69 bits per heavy atom. The molecular formula is C22H18F6N4O3. The van der Waals surface area contributed by atoms with Gasteiger partial charge in [0.25, 0.3) is 11.9 Å². The van der Waals surface area contributed by atoms with E-state index in [9.17, 15) is 31.1 Å². The van der Waals surface area contributed by atoms with Gasteiger partial charge in [-0.25, -0.2) is 23.1 Å². The molecule has 0 aliphatic carbocycles. The summed E-state index contributed by atoms with van der Waals surface area (Å²) in [7, 11) is 0. The van der Waals surface area contributed by atoms with Gasteiger partial charge in [-0.3, -0.25) is 4.79 Å². The number of pyridine rings is 1. The van der Waals surface area contributed by atoms with Gasteiger partial charge in [0.1, 0.15) is 30.3 Å². The number of rotatable bonds is 6. The molecule has 7 nitrogen and oxygen atoms in total. The molecule has 1 aliphatic rings. The highest BCUT2D eigenvalue weighted by atomic mass is 19.4. The summed E-state index contributed by atoms with van der Waals surface area (Å²) in [5.74, 6) is 1.56. The largest absolute Gasteiger partial charge is 0.479 e. The molecule has 0 bridgehead atoms. The van der Waals surface area contributed by atoms with Gasteiger partial charge in [0, 0.05) is 23.7 Å². The fraction of sp³-hybridized carbons (Fsp3) is 0.318. The smallest absolute Gasteiger partial charge is 0.425 e. The molecule has 0 saturated heterocycles. The van der Waals surface area contributed by atoms with Crippen LogP contribution in [0.4, 0.5) is 32.0 Å². The maximum atomic E-state index is 14.7. The first-order chi connectivity index (χ1) is 16.5. The summed E-state index contributed by atoms with van der Waals surface area (Å²) in [6.45, 7) is 0.0832. The van der Waals surface area contributed by atoms with Crippen LogP contribution in [-0.4, -0.2) is 42.5 Å². The van der Waals surface area contributed by atoms with E-state index in [4.69, 9.17) is 10.5 Å². The van der Waals surface area contributed by atoms with Crippen LogP contribution >= 0.6 is 0 Å². The van der Waals surface area contributed by atoms with Crippen LogP contribution in [0, 0.1) is 23.5 Å². The molecule has 35 heavy (non-hydrogen) atoms. The number of nitrogens with two attached hydrogens (primary N) is 1. The Kier molecular flexibility index (Phi) is 7.42. The van der Waals surface area contributed by atoms with Gasteiger partial charge < -0.3 is 20.5 Å². The Morgan fingerprint density at radius 1 is 1.34 bits per heavy atom. The van der Waals surface area contributed by atoms with E-state index >= 15 is 0 Å². The zero-order valence-corrected chi connectivity index (χ0v) is 18.0. The van der Waals surface area contributed by atoms with Gasteiger partial charge in [-0.1, -0.05) is 5.92 Å². The molecule has 2 aromatic rings. The highest BCUT2D eigenvalue weighted by Gasteiger charge is 2.52. The standard InChI is InChI=1S/C22H18F6N4O3/c1-2-3-6-34-13-4-5-16(30-10-13)19(33)31-12-7-14(18(25)15(24)8-12)21(11-23)9-17(22(26,27)28)35-20(29)32-21/h4-5,7-8,10,17H,6,9,11H2,1H3,(H2,29,32)(H,31,33). The maximum Gasteiger partial charge on any atom is 0.425 e. The molecule has 2 unspecified atom stereocenters. The number of carbonyl (C=O) groups excluding carboxylic acids is 1. The van der Waals surface area contributed by atoms with Crippen molar-refractivity contribution in [3.05, 3.63) is 53.4 Å². The van der Waals surface area contributed by atoms with Crippen LogP contribution in [0.1, 0.15) is 29.4 Å². The molecule has 0 radical (unpaired) electrons. The van der Waals surface area contributed by atoms with Crippen molar-refractivity contribution in [1.82, 2.24) is 4.98 Å². The summed E-state index contributed by atoms with van der Waals surface area (Å²) in [5, 5.41) is 2.24. The van der Waals surface area contributed by atoms with Crippen LogP contribution in [0.15, 0.2) is 35.5 Å². The lowest BCUT2D eigenvalue weighted by Gasteiger charge is -2.36. The minimum atomic E-state index is -4.98. The second kappa shape index (κ2) is 10.1. The summed E-state index contributed by atoms with van der Waals surface area (Å²) < 4.78 is 92.5. The summed E-state index contributed by atoms with van der Waals surface area (Å²) >= 11 is 0. The molecule has 3 rings (SSSR count). The van der Waals surface area contributed by atoms with Gasteiger partial charge in [-0.05, 0) is 25.1 Å². The fourth-order valence-corrected chi connectivity index (χ4v) is 3.27. The van der Waals surface area contributed by atoms with Crippen LogP contribution in [0.25, 0.3) is 0 Å². The monoisotopic (exact) mass is 500 g/mol. The highest BCUT2D eigenvalue weighted by Crippen LogP contribution is 2.42. The fourth-order valence-electron chi connectivity index (χ4n) is 3.27. The van der Waals surface area contributed by atoms with Crippen molar-refractivity contribution < 1.29 is 40.6 Å². The molecule has 0 saturated carbocycles. The molecule has 0 fully saturated rings. The van der Waals surface area contributed by atoms with Crippen LogP contribution in [0.3, 0.4) is 0 Å². The van der Waals surface area contributed by atoms with E-state index in [1.807, 2.05) is 0 Å². The van der Waals surface area contributed by atoms with Gasteiger partial charge in [-0.2, -0.15) is 13.2 Å². The number of hydrogen-bond acceptors (Lipinski definition) is 6. The lowest BCUT2D eigenvalue weighted by atomic mass is 9.84. The first-order valence-electron chi connectivity index (χ1n) is 9.93. The number of hydrogen-bond donors (Lipinski definition) is 2. The molecular weight excluding hydrogens is 482 g/mol. The topological polar surface area (TPSA) is 98.8 Å². The van der Waals surface area contributed by atoms with E-state index < -0.39 is 60.0 Å². The van der Waals surface area contributed by atoms with Gasteiger partial charge >= 0.3 is 6.18 Å². The number of amides is 1. The van der Waals surface area contributed by atoms with Crippen LogP contribution in [0.2, 0.25) is 0 Å². The van der Waals surface area contributed by atoms with E-state index in [2.05, 4.69) is 31.9 Å². The molecule has 186 valence electrons. The Hall–Kier alpha value is -3.95. The van der Waals surface area contributed by atoms with Crippen molar-refractivity contribution >= 4 is 17.6 Å².